The fourth-order valence-corrected chi connectivity index (χ4v) is 6.07. The Morgan fingerprint density at radius 2 is 1.53 bits per heavy atom. The van der Waals surface area contributed by atoms with E-state index in [2.05, 4.69) is 12.2 Å². The first-order valence-corrected chi connectivity index (χ1v) is 12.1. The second-order valence-electron chi connectivity index (χ2n) is 9.91. The van der Waals surface area contributed by atoms with Gasteiger partial charge in [-0.3, -0.25) is 0 Å². The first-order valence-electron chi connectivity index (χ1n) is 12.1. The second-order valence-corrected chi connectivity index (χ2v) is 9.91. The normalized spacial score (nSPS) is 25.5. The Morgan fingerprint density at radius 1 is 0.853 bits per heavy atom. The zero-order chi connectivity index (χ0) is 24.5. The minimum Gasteiger partial charge on any atom is -0.206 e. The number of allylic oxidation sites excluding steroid dienone is 2. The van der Waals surface area contributed by atoms with Gasteiger partial charge in [-0.1, -0.05) is 30.7 Å². The van der Waals surface area contributed by atoms with Gasteiger partial charge in [-0.25, -0.2) is 13.2 Å². The average Bonchev–Trinajstić information content (AvgIpc) is 2.77. The van der Waals surface area contributed by atoms with Gasteiger partial charge in [0.2, 0.25) is 0 Å². The number of alkyl halides is 3. The van der Waals surface area contributed by atoms with Crippen molar-refractivity contribution in [1.82, 2.24) is 0 Å². The highest BCUT2D eigenvalue weighted by atomic mass is 19.4. The molecule has 2 aliphatic rings. The molecule has 2 saturated carbocycles. The van der Waals surface area contributed by atoms with Crippen LogP contribution in [0.3, 0.4) is 0 Å². The summed E-state index contributed by atoms with van der Waals surface area (Å²) in [5.74, 6) is -1.79. The summed E-state index contributed by atoms with van der Waals surface area (Å²) in [5, 5.41) is 0. The molecule has 2 fully saturated rings. The van der Waals surface area contributed by atoms with Gasteiger partial charge in [-0.05, 0) is 105 Å². The van der Waals surface area contributed by atoms with Crippen LogP contribution in [0.1, 0.15) is 75.3 Å². The summed E-state index contributed by atoms with van der Waals surface area (Å²) in [7, 11) is 0. The minimum atomic E-state index is -5.15. The van der Waals surface area contributed by atoms with Crippen molar-refractivity contribution in [3.8, 4) is 11.1 Å². The molecule has 2 aromatic carbocycles. The topological polar surface area (TPSA) is 0 Å². The summed E-state index contributed by atoms with van der Waals surface area (Å²) in [6, 6.07) is 5.65. The lowest BCUT2D eigenvalue weighted by molar-refractivity contribution is -0.142. The van der Waals surface area contributed by atoms with Crippen LogP contribution in [-0.4, -0.2) is 0 Å². The van der Waals surface area contributed by atoms with Crippen molar-refractivity contribution in [2.75, 3.05) is 0 Å². The van der Waals surface area contributed by atoms with Gasteiger partial charge in [-0.2, -0.15) is 13.2 Å². The maximum atomic E-state index is 14.9. The number of fused-ring (bicyclic) bond motifs is 1. The van der Waals surface area contributed by atoms with Crippen molar-refractivity contribution in [1.29, 1.82) is 0 Å². The van der Waals surface area contributed by atoms with E-state index in [-0.39, 0.29) is 17.0 Å². The van der Waals surface area contributed by atoms with E-state index in [1.165, 1.54) is 37.8 Å². The zero-order valence-electron chi connectivity index (χ0n) is 19.3. The Kier molecular flexibility index (Phi) is 7.44. The van der Waals surface area contributed by atoms with Crippen molar-refractivity contribution >= 4 is 0 Å². The van der Waals surface area contributed by atoms with Crippen LogP contribution in [-0.2, 0) is 6.18 Å². The maximum absolute atomic E-state index is 14.9. The average molecular weight is 481 g/mol. The molecule has 0 aliphatic heterocycles. The van der Waals surface area contributed by atoms with Crippen LogP contribution in [0.5, 0.6) is 0 Å². The highest BCUT2D eigenvalue weighted by Gasteiger charge is 2.38. The summed E-state index contributed by atoms with van der Waals surface area (Å²) in [6.07, 6.45) is 8.38. The summed E-state index contributed by atoms with van der Waals surface area (Å²) >= 11 is 0. The number of hydrogen-bond donors (Lipinski definition) is 0. The largest absolute Gasteiger partial charge is 0.422 e. The molecule has 4 unspecified atom stereocenters. The molecule has 4 atom stereocenters. The van der Waals surface area contributed by atoms with Gasteiger partial charge in [-0.15, -0.1) is 0 Å². The summed E-state index contributed by atoms with van der Waals surface area (Å²) in [4.78, 5) is 0. The van der Waals surface area contributed by atoms with Gasteiger partial charge in [0.15, 0.2) is 0 Å². The standard InChI is InChI=1S/C28H30F6/c1-2-3-4-5-17-6-7-19-13-20(9-8-18(19)12-17)21-10-11-23(24(29)14-21)22-15-25(30)27(26(31)16-22)28(32,33)34/h2-3,10-11,14-20H,4-9,12-13H2,1H3/b3-2+. The molecule has 4 rings (SSSR count). The molecule has 0 amide bonds. The number of rotatable bonds is 5. The molecule has 0 radical (unpaired) electrons. The fourth-order valence-electron chi connectivity index (χ4n) is 6.07. The third-order valence-electron chi connectivity index (χ3n) is 7.80. The molecular weight excluding hydrogens is 450 g/mol. The smallest absolute Gasteiger partial charge is 0.206 e. The van der Waals surface area contributed by atoms with E-state index >= 15 is 0 Å². The fraction of sp³-hybridized carbons (Fsp3) is 0.500. The SMILES string of the molecule is C/C=C/CCC1CCC2CC(c3ccc(-c4cc(F)c(C(F)(F)F)c(F)c4)c(F)c3)CCC2C1. The van der Waals surface area contributed by atoms with Crippen molar-refractivity contribution in [2.24, 2.45) is 17.8 Å². The maximum Gasteiger partial charge on any atom is 0.422 e. The number of hydrogen-bond acceptors (Lipinski definition) is 0. The minimum absolute atomic E-state index is 0.106. The van der Waals surface area contributed by atoms with Crippen LogP contribution in [0, 0.1) is 35.2 Å². The molecule has 0 heterocycles. The molecule has 0 N–H and O–H groups in total. The quantitative estimate of drug-likeness (QED) is 0.295. The zero-order valence-corrected chi connectivity index (χ0v) is 19.3. The first kappa shape index (κ1) is 24.9. The van der Waals surface area contributed by atoms with Crippen molar-refractivity contribution in [3.63, 3.8) is 0 Å². The van der Waals surface area contributed by atoms with Crippen LogP contribution < -0.4 is 0 Å². The van der Waals surface area contributed by atoms with Gasteiger partial charge in [0.05, 0.1) is 0 Å². The molecule has 6 heteroatoms. The van der Waals surface area contributed by atoms with E-state index < -0.39 is 29.2 Å². The lowest BCUT2D eigenvalue weighted by Crippen LogP contribution is -2.30. The summed E-state index contributed by atoms with van der Waals surface area (Å²) in [6.45, 7) is 2.05. The molecule has 0 saturated heterocycles. The lowest BCUT2D eigenvalue weighted by Gasteiger charge is -2.42. The van der Waals surface area contributed by atoms with E-state index in [1.54, 1.807) is 6.07 Å². The molecule has 34 heavy (non-hydrogen) atoms. The van der Waals surface area contributed by atoms with Gasteiger partial charge in [0, 0.05) is 5.56 Å². The van der Waals surface area contributed by atoms with Crippen molar-refractivity contribution < 1.29 is 26.3 Å². The molecule has 0 spiro atoms. The van der Waals surface area contributed by atoms with Crippen LogP contribution >= 0.6 is 0 Å². The number of benzene rings is 2. The monoisotopic (exact) mass is 480 g/mol. The van der Waals surface area contributed by atoms with Gasteiger partial charge < -0.3 is 0 Å². The van der Waals surface area contributed by atoms with Crippen LogP contribution in [0.15, 0.2) is 42.5 Å². The van der Waals surface area contributed by atoms with E-state index in [4.69, 9.17) is 0 Å². The summed E-state index contributed by atoms with van der Waals surface area (Å²) in [5.41, 5.74) is -1.46. The third kappa shape index (κ3) is 5.36. The van der Waals surface area contributed by atoms with E-state index in [0.29, 0.717) is 18.1 Å². The highest BCUT2D eigenvalue weighted by Crippen LogP contribution is 2.48. The molecule has 2 aliphatic carbocycles. The molecule has 184 valence electrons. The van der Waals surface area contributed by atoms with Gasteiger partial charge in [0.25, 0.3) is 0 Å². The van der Waals surface area contributed by atoms with Gasteiger partial charge in [0.1, 0.15) is 23.0 Å². The van der Waals surface area contributed by atoms with E-state index in [9.17, 15) is 26.3 Å². The predicted octanol–water partition coefficient (Wildman–Crippen LogP) is 9.45. The van der Waals surface area contributed by atoms with Crippen LogP contribution in [0.25, 0.3) is 11.1 Å². The Hall–Kier alpha value is -2.24. The third-order valence-corrected chi connectivity index (χ3v) is 7.80. The van der Waals surface area contributed by atoms with Gasteiger partial charge >= 0.3 is 6.18 Å². The van der Waals surface area contributed by atoms with E-state index in [1.807, 2.05) is 6.92 Å². The molecular formula is C28H30F6. The first-order chi connectivity index (χ1) is 16.2. The second kappa shape index (κ2) is 10.2. The van der Waals surface area contributed by atoms with Crippen LogP contribution in [0.4, 0.5) is 26.3 Å². The Bertz CT molecular complexity index is 1010. The molecule has 0 aromatic heterocycles. The van der Waals surface area contributed by atoms with Crippen LogP contribution in [0.2, 0.25) is 0 Å². The molecule has 0 nitrogen and oxygen atoms in total. The Balaban J connectivity index is 1.46. The summed E-state index contributed by atoms with van der Waals surface area (Å²) < 4.78 is 81.4. The molecule has 0 bridgehead atoms. The molecule has 2 aromatic rings. The van der Waals surface area contributed by atoms with Crippen molar-refractivity contribution in [2.45, 2.75) is 70.4 Å². The van der Waals surface area contributed by atoms with Crippen molar-refractivity contribution in [3.05, 3.63) is 71.1 Å². The Morgan fingerprint density at radius 3 is 2.18 bits per heavy atom. The van der Waals surface area contributed by atoms with E-state index in [0.717, 1.165) is 43.1 Å². The highest BCUT2D eigenvalue weighted by molar-refractivity contribution is 5.65. The number of halogens is 6. The predicted molar refractivity (Wildman–Crippen MR) is 122 cm³/mol. The Labute approximate surface area is 197 Å². The lowest BCUT2D eigenvalue weighted by atomic mass is 9.63.